The van der Waals surface area contributed by atoms with Crippen LogP contribution >= 0.6 is 0 Å². The van der Waals surface area contributed by atoms with E-state index in [-0.39, 0.29) is 5.91 Å². The van der Waals surface area contributed by atoms with Crippen LogP contribution in [0.3, 0.4) is 0 Å². The molecule has 1 unspecified atom stereocenters. The van der Waals surface area contributed by atoms with Crippen LogP contribution in [0.2, 0.25) is 0 Å². The van der Waals surface area contributed by atoms with Gasteiger partial charge in [0, 0.05) is 61.3 Å². The Morgan fingerprint density at radius 1 is 1.22 bits per heavy atom. The van der Waals surface area contributed by atoms with E-state index in [0.29, 0.717) is 29.8 Å². The number of amides is 1. The number of tetrazole rings is 1. The molecule has 1 amide bonds. The molecule has 184 valence electrons. The van der Waals surface area contributed by atoms with Crippen molar-refractivity contribution in [3.8, 4) is 11.3 Å². The number of fused-ring (bicyclic) bond motifs is 2. The van der Waals surface area contributed by atoms with E-state index < -0.39 is 0 Å². The minimum absolute atomic E-state index is 0.191. The maximum atomic E-state index is 13.2. The second-order valence-electron chi connectivity index (χ2n) is 9.25. The smallest absolute Gasteiger partial charge is 0.255 e. The lowest BCUT2D eigenvalue weighted by molar-refractivity contribution is -0.113. The second-order valence-corrected chi connectivity index (χ2v) is 9.25. The number of carbonyl (C=O) groups excluding carboxylic acids is 1. The van der Waals surface area contributed by atoms with Crippen molar-refractivity contribution < 1.29 is 4.79 Å². The van der Waals surface area contributed by atoms with E-state index in [1.807, 2.05) is 49.3 Å². The molecule has 12 heteroatoms. The molecule has 1 fully saturated rings. The number of hydrogen-bond donors (Lipinski definition) is 3. The van der Waals surface area contributed by atoms with Crippen LogP contribution in [0, 0.1) is 0 Å². The van der Waals surface area contributed by atoms with Crippen molar-refractivity contribution in [3.05, 3.63) is 47.8 Å². The Hall–Kier alpha value is -4.32. The Morgan fingerprint density at radius 3 is 2.97 bits per heavy atom. The summed E-state index contributed by atoms with van der Waals surface area (Å²) in [5.41, 5.74) is 4.79. The minimum atomic E-state index is -0.191. The summed E-state index contributed by atoms with van der Waals surface area (Å²) in [6.07, 6.45) is 1.82. The van der Waals surface area contributed by atoms with Crippen molar-refractivity contribution in [1.82, 2.24) is 40.7 Å². The number of aromatic nitrogens is 7. The molecule has 0 radical (unpaired) electrons. The number of rotatable bonds is 4. The van der Waals surface area contributed by atoms with Gasteiger partial charge in [0.15, 0.2) is 0 Å². The molecular weight excluding hydrogens is 458 g/mol. The molecule has 4 aromatic rings. The highest BCUT2D eigenvalue weighted by molar-refractivity contribution is 6.06. The Balaban J connectivity index is 1.28. The third-order valence-corrected chi connectivity index (χ3v) is 6.87. The number of H-pyrrole nitrogens is 1. The van der Waals surface area contributed by atoms with Gasteiger partial charge in [0.25, 0.3) is 5.91 Å². The van der Waals surface area contributed by atoms with Crippen LogP contribution in [0.5, 0.6) is 0 Å². The first-order valence-corrected chi connectivity index (χ1v) is 11.9. The van der Waals surface area contributed by atoms with Gasteiger partial charge in [-0.25, -0.2) is 9.67 Å². The molecule has 0 saturated carbocycles. The lowest BCUT2D eigenvalue weighted by Gasteiger charge is -2.32. The summed E-state index contributed by atoms with van der Waals surface area (Å²) in [7, 11) is 1.85. The van der Waals surface area contributed by atoms with Gasteiger partial charge in [-0.05, 0) is 54.6 Å². The van der Waals surface area contributed by atoms with Gasteiger partial charge in [-0.1, -0.05) is 5.10 Å². The molecule has 6 rings (SSSR count). The average Bonchev–Trinajstić information content (AvgIpc) is 3.53. The van der Waals surface area contributed by atoms with Crippen LogP contribution < -0.4 is 20.4 Å². The lowest BCUT2D eigenvalue weighted by atomic mass is 10.1. The first kappa shape index (κ1) is 22.2. The summed E-state index contributed by atoms with van der Waals surface area (Å²) in [5, 5.41) is 26.8. The molecule has 1 aromatic carbocycles. The van der Waals surface area contributed by atoms with Gasteiger partial charge in [0.2, 0.25) is 5.95 Å². The van der Waals surface area contributed by atoms with E-state index in [9.17, 15) is 4.79 Å². The molecule has 0 bridgehead atoms. The van der Waals surface area contributed by atoms with E-state index in [4.69, 9.17) is 0 Å². The van der Waals surface area contributed by atoms with Gasteiger partial charge in [-0.3, -0.25) is 9.89 Å². The number of anilines is 3. The summed E-state index contributed by atoms with van der Waals surface area (Å²) in [5.74, 6) is 1.36. The highest BCUT2D eigenvalue weighted by Gasteiger charge is 2.26. The molecule has 3 N–H and O–H groups in total. The van der Waals surface area contributed by atoms with Crippen LogP contribution in [-0.2, 0) is 11.3 Å². The third kappa shape index (κ3) is 3.85. The molecule has 2 aliphatic rings. The maximum Gasteiger partial charge on any atom is 0.255 e. The Labute approximate surface area is 207 Å². The fourth-order valence-corrected chi connectivity index (χ4v) is 4.79. The van der Waals surface area contributed by atoms with Crippen LogP contribution in [-0.4, -0.2) is 74.0 Å². The second kappa shape index (κ2) is 8.72. The predicted octanol–water partition coefficient (Wildman–Crippen LogP) is 1.77. The number of aromatic amines is 1. The number of piperazine rings is 1. The molecule has 1 atom stereocenters. The van der Waals surface area contributed by atoms with Gasteiger partial charge >= 0.3 is 0 Å². The number of pyridine rings is 1. The monoisotopic (exact) mass is 485 g/mol. The van der Waals surface area contributed by atoms with Gasteiger partial charge in [-0.15, -0.1) is 0 Å². The van der Waals surface area contributed by atoms with E-state index in [2.05, 4.69) is 59.2 Å². The molecule has 36 heavy (non-hydrogen) atoms. The van der Waals surface area contributed by atoms with Crippen molar-refractivity contribution in [2.24, 2.45) is 0 Å². The normalized spacial score (nSPS) is 18.0. The highest BCUT2D eigenvalue weighted by atomic mass is 16.1. The maximum absolute atomic E-state index is 13.2. The van der Waals surface area contributed by atoms with Crippen molar-refractivity contribution in [1.29, 1.82) is 0 Å². The Bertz CT molecular complexity index is 1490. The molecule has 0 spiro atoms. The summed E-state index contributed by atoms with van der Waals surface area (Å²) in [6.45, 7) is 7.14. The molecule has 3 aromatic heterocycles. The number of allylic oxidation sites excluding steroid dienone is 1. The number of nitrogens with one attached hydrogen (secondary N) is 3. The van der Waals surface area contributed by atoms with E-state index in [1.165, 1.54) is 0 Å². The Kier molecular flexibility index (Phi) is 5.37. The third-order valence-electron chi connectivity index (χ3n) is 6.87. The van der Waals surface area contributed by atoms with Crippen molar-refractivity contribution in [3.63, 3.8) is 0 Å². The zero-order valence-electron chi connectivity index (χ0n) is 20.4. The highest BCUT2D eigenvalue weighted by Crippen LogP contribution is 2.31. The first-order chi connectivity index (χ1) is 17.5. The van der Waals surface area contributed by atoms with Crippen molar-refractivity contribution in [2.45, 2.75) is 26.4 Å². The van der Waals surface area contributed by atoms with Gasteiger partial charge in [-0.2, -0.15) is 5.10 Å². The summed E-state index contributed by atoms with van der Waals surface area (Å²) in [6, 6.07) is 10.2. The average molecular weight is 486 g/mol. The topological polar surface area (TPSA) is 133 Å². The molecule has 12 nitrogen and oxygen atoms in total. The first-order valence-electron chi connectivity index (χ1n) is 11.9. The fraction of sp³-hybridized carbons (Fsp3) is 0.333. The number of nitrogens with zero attached hydrogens (tertiary/aromatic N) is 8. The molecule has 5 heterocycles. The van der Waals surface area contributed by atoms with Crippen molar-refractivity contribution in [2.75, 3.05) is 41.8 Å². The molecular formula is C24H27N11O. The standard InChI is InChI=1S/C24H27N11O/c1-14-12-34(9-8-25-14)21-10-16(6-7-26-21)22-18-11-17(4-5-20(18)28-29-22)27-23(36)19-13-35-24(30-31-32-35)33(3)15(19)2/h4-7,10-11,14,25H,8-9,12-13H2,1-3H3,(H,27,36)(H,28,29). The number of benzene rings is 1. The van der Waals surface area contributed by atoms with Crippen LogP contribution in [0.25, 0.3) is 22.2 Å². The molecule has 0 aliphatic carbocycles. The van der Waals surface area contributed by atoms with Gasteiger partial charge < -0.3 is 20.4 Å². The minimum Gasteiger partial charge on any atom is -0.354 e. The fourth-order valence-electron chi connectivity index (χ4n) is 4.79. The van der Waals surface area contributed by atoms with E-state index in [1.54, 1.807) is 4.68 Å². The Morgan fingerprint density at radius 2 is 2.11 bits per heavy atom. The lowest BCUT2D eigenvalue weighted by Crippen LogP contribution is -2.49. The summed E-state index contributed by atoms with van der Waals surface area (Å²) in [4.78, 5) is 21.9. The number of carbonyl (C=O) groups is 1. The van der Waals surface area contributed by atoms with Crippen molar-refractivity contribution >= 4 is 34.3 Å². The number of hydrogen-bond acceptors (Lipinski definition) is 9. The largest absolute Gasteiger partial charge is 0.354 e. The van der Waals surface area contributed by atoms with E-state index >= 15 is 0 Å². The molecule has 2 aliphatic heterocycles. The van der Waals surface area contributed by atoms with Gasteiger partial charge in [0.05, 0.1) is 17.6 Å². The van der Waals surface area contributed by atoms with Crippen LogP contribution in [0.1, 0.15) is 13.8 Å². The quantitative estimate of drug-likeness (QED) is 0.395. The summed E-state index contributed by atoms with van der Waals surface area (Å²) < 4.78 is 1.61. The zero-order chi connectivity index (χ0) is 24.8. The van der Waals surface area contributed by atoms with E-state index in [0.717, 1.165) is 53.3 Å². The SMILES string of the molecule is CC1=C(C(=O)Nc2ccc3[nH]nc(-c4ccnc(N5CCNC(C)C5)c4)c3c2)Cn2nnnc2N1C. The zero-order valence-corrected chi connectivity index (χ0v) is 20.4. The predicted molar refractivity (Wildman–Crippen MR) is 137 cm³/mol. The summed E-state index contributed by atoms with van der Waals surface area (Å²) >= 11 is 0. The molecule has 1 saturated heterocycles. The van der Waals surface area contributed by atoms with Gasteiger partial charge in [0.1, 0.15) is 11.5 Å². The van der Waals surface area contributed by atoms with Crippen LogP contribution in [0.15, 0.2) is 47.8 Å². The van der Waals surface area contributed by atoms with Crippen LogP contribution in [0.4, 0.5) is 17.5 Å².